The van der Waals surface area contributed by atoms with E-state index in [0.717, 1.165) is 5.56 Å². The van der Waals surface area contributed by atoms with Gasteiger partial charge in [-0.05, 0) is 30.7 Å². The molecule has 0 aliphatic heterocycles. The summed E-state index contributed by atoms with van der Waals surface area (Å²) in [5.74, 6) is -1.09. The van der Waals surface area contributed by atoms with Gasteiger partial charge in [0.25, 0.3) is 0 Å². The first-order valence-corrected chi connectivity index (χ1v) is 6.38. The van der Waals surface area contributed by atoms with E-state index in [0.29, 0.717) is 5.02 Å². The van der Waals surface area contributed by atoms with Gasteiger partial charge < -0.3 is 5.32 Å². The minimum atomic E-state index is -0.543. The Morgan fingerprint density at radius 2 is 1.68 bits per heavy atom. The van der Waals surface area contributed by atoms with Gasteiger partial charge >= 0.3 is 0 Å². The first kappa shape index (κ1) is 14.0. The Labute approximate surface area is 116 Å². The van der Waals surface area contributed by atoms with Gasteiger partial charge in [0.2, 0.25) is 0 Å². The van der Waals surface area contributed by atoms with Crippen molar-refractivity contribution in [1.82, 2.24) is 5.32 Å². The average Bonchev–Trinajstić information content (AvgIpc) is 2.38. The van der Waals surface area contributed by atoms with Gasteiger partial charge in [-0.3, -0.25) is 0 Å². The molecule has 0 spiro atoms. The highest BCUT2D eigenvalue weighted by Crippen LogP contribution is 2.23. The number of hydrogen-bond acceptors (Lipinski definition) is 1. The van der Waals surface area contributed by atoms with E-state index < -0.39 is 11.6 Å². The normalized spacial score (nSPS) is 12.4. The van der Waals surface area contributed by atoms with Crippen molar-refractivity contribution in [3.05, 3.63) is 70.2 Å². The van der Waals surface area contributed by atoms with Crippen LogP contribution >= 0.6 is 11.6 Å². The molecule has 0 saturated carbocycles. The molecule has 0 radical (unpaired) electrons. The first-order valence-electron chi connectivity index (χ1n) is 6.00. The highest BCUT2D eigenvalue weighted by Gasteiger charge is 2.12. The monoisotopic (exact) mass is 281 g/mol. The third-order valence-corrected chi connectivity index (χ3v) is 3.36. The van der Waals surface area contributed by atoms with Gasteiger partial charge in [-0.2, -0.15) is 0 Å². The van der Waals surface area contributed by atoms with Gasteiger partial charge in [0.05, 0.1) is 0 Å². The molecule has 0 fully saturated rings. The lowest BCUT2D eigenvalue weighted by atomic mass is 10.1. The van der Waals surface area contributed by atoms with E-state index in [4.69, 9.17) is 11.6 Å². The standard InChI is InChI=1S/C15H14ClF2N/c1-10(11-5-2-3-6-13(11)16)19-9-12-14(17)7-4-8-15(12)18/h2-8,10,19H,9H2,1H3/t10-/m1/s1. The van der Waals surface area contributed by atoms with Crippen LogP contribution in [0.15, 0.2) is 42.5 Å². The lowest BCUT2D eigenvalue weighted by Crippen LogP contribution is -2.20. The summed E-state index contributed by atoms with van der Waals surface area (Å²) in [6.45, 7) is 2.02. The summed E-state index contributed by atoms with van der Waals surface area (Å²) >= 11 is 6.08. The summed E-state index contributed by atoms with van der Waals surface area (Å²) in [6, 6.07) is 11.2. The second-order valence-corrected chi connectivity index (χ2v) is 4.73. The van der Waals surface area contributed by atoms with Gasteiger partial charge in [0, 0.05) is 23.2 Å². The van der Waals surface area contributed by atoms with Crippen molar-refractivity contribution in [1.29, 1.82) is 0 Å². The van der Waals surface area contributed by atoms with Crippen molar-refractivity contribution in [2.75, 3.05) is 0 Å². The quantitative estimate of drug-likeness (QED) is 0.872. The molecule has 1 atom stereocenters. The molecule has 0 amide bonds. The molecular weight excluding hydrogens is 268 g/mol. The Morgan fingerprint density at radius 1 is 1.05 bits per heavy atom. The van der Waals surface area contributed by atoms with Crippen LogP contribution < -0.4 is 5.32 Å². The fraction of sp³-hybridized carbons (Fsp3) is 0.200. The molecule has 19 heavy (non-hydrogen) atoms. The molecule has 2 aromatic carbocycles. The topological polar surface area (TPSA) is 12.0 Å². The van der Waals surface area contributed by atoms with Crippen LogP contribution in [0.3, 0.4) is 0 Å². The Balaban J connectivity index is 2.09. The molecule has 0 aromatic heterocycles. The van der Waals surface area contributed by atoms with Gasteiger partial charge in [0.15, 0.2) is 0 Å². The van der Waals surface area contributed by atoms with Crippen molar-refractivity contribution < 1.29 is 8.78 Å². The van der Waals surface area contributed by atoms with Crippen LogP contribution in [0.4, 0.5) is 8.78 Å². The maximum absolute atomic E-state index is 13.5. The maximum Gasteiger partial charge on any atom is 0.130 e. The third-order valence-electron chi connectivity index (χ3n) is 3.02. The van der Waals surface area contributed by atoms with E-state index in [9.17, 15) is 8.78 Å². The molecule has 1 nitrogen and oxygen atoms in total. The number of hydrogen-bond donors (Lipinski definition) is 1. The minimum absolute atomic E-state index is 0.0430. The molecule has 0 unspecified atom stereocenters. The molecule has 100 valence electrons. The summed E-state index contributed by atoms with van der Waals surface area (Å²) in [5, 5.41) is 3.71. The summed E-state index contributed by atoms with van der Waals surface area (Å²) in [4.78, 5) is 0. The van der Waals surface area contributed by atoms with Gasteiger partial charge in [-0.1, -0.05) is 35.9 Å². The van der Waals surface area contributed by atoms with Crippen molar-refractivity contribution >= 4 is 11.6 Å². The Morgan fingerprint density at radius 3 is 2.32 bits per heavy atom. The van der Waals surface area contributed by atoms with E-state index in [2.05, 4.69) is 5.32 Å². The zero-order valence-corrected chi connectivity index (χ0v) is 11.2. The minimum Gasteiger partial charge on any atom is -0.306 e. The van der Waals surface area contributed by atoms with Crippen LogP contribution in [-0.2, 0) is 6.54 Å². The van der Waals surface area contributed by atoms with Crippen molar-refractivity contribution in [3.63, 3.8) is 0 Å². The highest BCUT2D eigenvalue weighted by atomic mass is 35.5. The predicted octanol–water partition coefficient (Wildman–Crippen LogP) is 4.47. The van der Waals surface area contributed by atoms with E-state index in [1.807, 2.05) is 25.1 Å². The SMILES string of the molecule is C[C@@H](NCc1c(F)cccc1F)c1ccccc1Cl. The molecule has 2 rings (SSSR count). The highest BCUT2D eigenvalue weighted by molar-refractivity contribution is 6.31. The average molecular weight is 282 g/mol. The van der Waals surface area contributed by atoms with Crippen LogP contribution in [0.25, 0.3) is 0 Å². The van der Waals surface area contributed by atoms with Gasteiger partial charge in [-0.15, -0.1) is 0 Å². The second kappa shape index (κ2) is 6.13. The van der Waals surface area contributed by atoms with Crippen molar-refractivity contribution in [2.45, 2.75) is 19.5 Å². The number of benzene rings is 2. The molecule has 2 aromatic rings. The van der Waals surface area contributed by atoms with Crippen molar-refractivity contribution in [2.24, 2.45) is 0 Å². The first-order chi connectivity index (χ1) is 9.09. The van der Waals surface area contributed by atoms with E-state index in [1.54, 1.807) is 6.07 Å². The Hall–Kier alpha value is -1.45. The molecule has 0 aliphatic carbocycles. The van der Waals surface area contributed by atoms with Crippen LogP contribution in [-0.4, -0.2) is 0 Å². The van der Waals surface area contributed by atoms with E-state index in [-0.39, 0.29) is 18.2 Å². The third kappa shape index (κ3) is 3.31. The molecule has 0 saturated heterocycles. The lowest BCUT2D eigenvalue weighted by molar-refractivity contribution is 0.509. The largest absolute Gasteiger partial charge is 0.306 e. The summed E-state index contributed by atoms with van der Waals surface area (Å²) in [6.07, 6.45) is 0. The number of nitrogens with one attached hydrogen (secondary N) is 1. The summed E-state index contributed by atoms with van der Waals surface area (Å²) < 4.78 is 27.0. The van der Waals surface area contributed by atoms with Crippen LogP contribution in [0.1, 0.15) is 24.1 Å². The van der Waals surface area contributed by atoms with Crippen LogP contribution in [0.2, 0.25) is 5.02 Å². The summed E-state index contributed by atoms with van der Waals surface area (Å²) in [5.41, 5.74) is 0.947. The zero-order valence-electron chi connectivity index (χ0n) is 10.5. The molecule has 1 N–H and O–H groups in total. The zero-order chi connectivity index (χ0) is 13.8. The van der Waals surface area contributed by atoms with E-state index in [1.165, 1.54) is 18.2 Å². The molecular formula is C15H14ClF2N. The fourth-order valence-electron chi connectivity index (χ4n) is 1.89. The smallest absolute Gasteiger partial charge is 0.130 e. The van der Waals surface area contributed by atoms with Crippen LogP contribution in [0, 0.1) is 11.6 Å². The number of halogens is 3. The molecule has 0 bridgehead atoms. The Bertz CT molecular complexity index is 552. The van der Waals surface area contributed by atoms with Crippen LogP contribution in [0.5, 0.6) is 0 Å². The molecule has 0 heterocycles. The fourth-order valence-corrected chi connectivity index (χ4v) is 2.19. The predicted molar refractivity (Wildman–Crippen MR) is 73.1 cm³/mol. The van der Waals surface area contributed by atoms with Gasteiger partial charge in [0.1, 0.15) is 11.6 Å². The Kier molecular flexibility index (Phi) is 4.51. The molecule has 4 heteroatoms. The van der Waals surface area contributed by atoms with Crippen molar-refractivity contribution in [3.8, 4) is 0 Å². The van der Waals surface area contributed by atoms with E-state index >= 15 is 0 Å². The second-order valence-electron chi connectivity index (χ2n) is 4.32. The number of rotatable bonds is 4. The lowest BCUT2D eigenvalue weighted by Gasteiger charge is -2.16. The van der Waals surface area contributed by atoms with Gasteiger partial charge in [-0.25, -0.2) is 8.78 Å². The summed E-state index contributed by atoms with van der Waals surface area (Å²) in [7, 11) is 0. The molecule has 0 aliphatic rings. The maximum atomic E-state index is 13.5.